The molecule has 0 aliphatic heterocycles. The van der Waals surface area contributed by atoms with Crippen LogP contribution < -0.4 is 10.6 Å². The van der Waals surface area contributed by atoms with Crippen LogP contribution in [0.1, 0.15) is 15.9 Å². The Kier molecular flexibility index (Phi) is 6.32. The molecule has 0 bridgehead atoms. The molecule has 0 saturated carbocycles. The normalized spacial score (nSPS) is 10.9. The van der Waals surface area contributed by atoms with Crippen LogP contribution in [0.3, 0.4) is 0 Å². The van der Waals surface area contributed by atoms with Crippen LogP contribution in [0.2, 0.25) is 0 Å². The highest BCUT2D eigenvalue weighted by atomic mass is 32.2. The fourth-order valence-corrected chi connectivity index (χ4v) is 3.32. The van der Waals surface area contributed by atoms with E-state index < -0.39 is 6.61 Å². The summed E-state index contributed by atoms with van der Waals surface area (Å²) in [4.78, 5) is 13.5. The maximum Gasteiger partial charge on any atom is 0.387 e. The summed E-state index contributed by atoms with van der Waals surface area (Å²) in [6.45, 7) is -2.88. The van der Waals surface area contributed by atoms with Crippen molar-refractivity contribution in [3.05, 3.63) is 59.7 Å². The number of thioether (sulfide) groups is 1. The lowest BCUT2D eigenvalue weighted by molar-refractivity contribution is -0.0498. The van der Waals surface area contributed by atoms with E-state index in [1.807, 2.05) is 12.1 Å². The number of hydrogen-bond acceptors (Lipinski definition) is 6. The minimum absolute atomic E-state index is 0.0534. The second-order valence-electron chi connectivity index (χ2n) is 6.26. The first-order valence-electron chi connectivity index (χ1n) is 8.54. The first kappa shape index (κ1) is 20.6. The Morgan fingerprint density at radius 2 is 1.79 bits per heavy atom. The maximum atomic E-state index is 12.2. The molecule has 10 heteroatoms. The third kappa shape index (κ3) is 5.02. The van der Waals surface area contributed by atoms with Crippen molar-refractivity contribution in [1.29, 1.82) is 0 Å². The highest BCUT2D eigenvalue weighted by molar-refractivity contribution is 7.98. The molecule has 0 saturated heterocycles. The molecule has 1 amide bonds. The highest BCUT2D eigenvalue weighted by Gasteiger charge is 2.14. The third-order valence-electron chi connectivity index (χ3n) is 3.98. The van der Waals surface area contributed by atoms with Gasteiger partial charge in [0, 0.05) is 31.0 Å². The summed E-state index contributed by atoms with van der Waals surface area (Å²) in [6, 6.07) is 13.3. The molecule has 0 fully saturated rings. The molecule has 7 nitrogen and oxygen atoms in total. The molecule has 3 aromatic rings. The SMILES string of the molecule is CN(C)C(=O)c1ccc(CSc2nnc(-c3ccc(OC(F)F)cc3)n2N)cc1. The molecule has 1 heterocycles. The Balaban J connectivity index is 1.66. The topological polar surface area (TPSA) is 86.3 Å². The number of nitrogens with two attached hydrogens (primary N) is 1. The average Bonchev–Trinajstić information content (AvgIpc) is 3.07. The van der Waals surface area contributed by atoms with Gasteiger partial charge in [0.05, 0.1) is 0 Å². The van der Waals surface area contributed by atoms with Crippen LogP contribution in [0.15, 0.2) is 53.7 Å². The van der Waals surface area contributed by atoms with Crippen LogP contribution in [0.5, 0.6) is 5.75 Å². The van der Waals surface area contributed by atoms with E-state index in [0.717, 1.165) is 5.56 Å². The number of nitrogen functional groups attached to an aromatic ring is 1. The predicted molar refractivity (Wildman–Crippen MR) is 106 cm³/mol. The summed E-state index contributed by atoms with van der Waals surface area (Å²) in [5, 5.41) is 8.66. The highest BCUT2D eigenvalue weighted by Crippen LogP contribution is 2.26. The van der Waals surface area contributed by atoms with Gasteiger partial charge in [-0.25, -0.2) is 4.68 Å². The van der Waals surface area contributed by atoms with E-state index in [1.54, 1.807) is 38.4 Å². The van der Waals surface area contributed by atoms with E-state index >= 15 is 0 Å². The molecule has 0 aliphatic carbocycles. The van der Waals surface area contributed by atoms with Crippen molar-refractivity contribution in [3.8, 4) is 17.1 Å². The quantitative estimate of drug-likeness (QED) is 0.467. The van der Waals surface area contributed by atoms with Gasteiger partial charge < -0.3 is 15.5 Å². The van der Waals surface area contributed by atoms with E-state index in [1.165, 1.54) is 33.5 Å². The molecule has 0 unspecified atom stereocenters. The van der Waals surface area contributed by atoms with Crippen LogP contribution in [0, 0.1) is 0 Å². The first-order valence-corrected chi connectivity index (χ1v) is 9.53. The predicted octanol–water partition coefficient (Wildman–Crippen LogP) is 3.25. The summed E-state index contributed by atoms with van der Waals surface area (Å²) >= 11 is 1.39. The number of amides is 1. The van der Waals surface area contributed by atoms with Crippen LogP contribution in [-0.2, 0) is 5.75 Å². The zero-order chi connectivity index (χ0) is 21.0. The fraction of sp³-hybridized carbons (Fsp3) is 0.211. The molecular formula is C19H19F2N5O2S. The van der Waals surface area contributed by atoms with Gasteiger partial charge in [0.1, 0.15) is 5.75 Å². The van der Waals surface area contributed by atoms with E-state index in [4.69, 9.17) is 5.84 Å². The lowest BCUT2D eigenvalue weighted by Crippen LogP contribution is -2.21. The maximum absolute atomic E-state index is 12.2. The number of halogens is 2. The number of alkyl halides is 2. The van der Waals surface area contributed by atoms with Crippen molar-refractivity contribution >= 4 is 17.7 Å². The molecule has 0 spiro atoms. The monoisotopic (exact) mass is 419 g/mol. The van der Waals surface area contributed by atoms with Gasteiger partial charge in [0.25, 0.3) is 5.91 Å². The van der Waals surface area contributed by atoms with Crippen molar-refractivity contribution in [3.63, 3.8) is 0 Å². The molecule has 0 aliphatic rings. The van der Waals surface area contributed by atoms with E-state index in [2.05, 4.69) is 14.9 Å². The molecule has 152 valence electrons. The minimum Gasteiger partial charge on any atom is -0.435 e. The van der Waals surface area contributed by atoms with Gasteiger partial charge in [-0.3, -0.25) is 4.79 Å². The molecule has 1 aromatic heterocycles. The lowest BCUT2D eigenvalue weighted by atomic mass is 10.1. The standard InChI is InChI=1S/C19H19F2N5O2S/c1-25(2)17(27)14-5-3-12(4-6-14)11-29-19-24-23-16(26(19)22)13-7-9-15(10-8-13)28-18(20)21/h3-10,18H,11,22H2,1-2H3. The van der Waals surface area contributed by atoms with Crippen LogP contribution in [-0.4, -0.2) is 46.4 Å². The van der Waals surface area contributed by atoms with Gasteiger partial charge in [-0.1, -0.05) is 23.9 Å². The van der Waals surface area contributed by atoms with Crippen molar-refractivity contribution < 1.29 is 18.3 Å². The molecule has 0 radical (unpaired) electrons. The van der Waals surface area contributed by atoms with Crippen LogP contribution in [0.25, 0.3) is 11.4 Å². The number of benzene rings is 2. The van der Waals surface area contributed by atoms with Gasteiger partial charge in [0.2, 0.25) is 5.16 Å². The number of ether oxygens (including phenoxy) is 1. The summed E-state index contributed by atoms with van der Waals surface area (Å²) in [6.07, 6.45) is 0. The zero-order valence-corrected chi connectivity index (χ0v) is 16.6. The summed E-state index contributed by atoms with van der Waals surface area (Å²) < 4.78 is 30.2. The van der Waals surface area contributed by atoms with Crippen molar-refractivity contribution in [2.75, 3.05) is 19.9 Å². The van der Waals surface area contributed by atoms with Crippen molar-refractivity contribution in [1.82, 2.24) is 19.8 Å². The zero-order valence-electron chi connectivity index (χ0n) is 15.8. The fourth-order valence-electron chi connectivity index (χ4n) is 2.51. The van der Waals surface area contributed by atoms with Gasteiger partial charge in [-0.15, -0.1) is 10.2 Å². The number of aromatic nitrogens is 3. The molecule has 0 atom stereocenters. The van der Waals surface area contributed by atoms with Gasteiger partial charge in [0.15, 0.2) is 5.82 Å². The van der Waals surface area contributed by atoms with E-state index in [0.29, 0.717) is 27.9 Å². The average molecular weight is 419 g/mol. The second-order valence-corrected chi connectivity index (χ2v) is 7.21. The number of hydrogen-bond donors (Lipinski definition) is 1. The Morgan fingerprint density at radius 3 is 2.38 bits per heavy atom. The second kappa shape index (κ2) is 8.91. The van der Waals surface area contributed by atoms with Gasteiger partial charge in [-0.05, 0) is 42.0 Å². The van der Waals surface area contributed by atoms with Crippen molar-refractivity contribution in [2.45, 2.75) is 17.5 Å². The molecule has 3 rings (SSSR count). The van der Waals surface area contributed by atoms with Gasteiger partial charge in [-0.2, -0.15) is 8.78 Å². The van der Waals surface area contributed by atoms with E-state index in [9.17, 15) is 13.6 Å². The smallest absolute Gasteiger partial charge is 0.387 e. The molecule has 2 aromatic carbocycles. The Labute approximate surface area is 170 Å². The molecule has 29 heavy (non-hydrogen) atoms. The Bertz CT molecular complexity index is 975. The number of nitrogens with zero attached hydrogens (tertiary/aromatic N) is 4. The summed E-state index contributed by atoms with van der Waals surface area (Å²) in [5.41, 5.74) is 2.25. The Hall–Kier alpha value is -3.14. The van der Waals surface area contributed by atoms with Crippen LogP contribution in [0.4, 0.5) is 8.78 Å². The van der Waals surface area contributed by atoms with Crippen LogP contribution >= 0.6 is 11.8 Å². The molecular weight excluding hydrogens is 400 g/mol. The van der Waals surface area contributed by atoms with Gasteiger partial charge >= 0.3 is 6.61 Å². The summed E-state index contributed by atoms with van der Waals surface area (Å²) in [7, 11) is 3.41. The Morgan fingerprint density at radius 1 is 1.14 bits per heavy atom. The van der Waals surface area contributed by atoms with E-state index in [-0.39, 0.29) is 11.7 Å². The number of rotatable bonds is 7. The third-order valence-corrected chi connectivity index (χ3v) is 4.99. The first-order chi connectivity index (χ1) is 13.8. The number of carbonyl (C=O) groups excluding carboxylic acids is 1. The lowest BCUT2D eigenvalue weighted by Gasteiger charge is -2.10. The molecule has 2 N–H and O–H groups in total. The van der Waals surface area contributed by atoms with Crippen molar-refractivity contribution in [2.24, 2.45) is 0 Å². The summed E-state index contributed by atoms with van der Waals surface area (Å²) in [5.74, 6) is 7.08. The minimum atomic E-state index is -2.88. The number of carbonyl (C=O) groups is 1. The largest absolute Gasteiger partial charge is 0.435 e.